The van der Waals surface area contributed by atoms with Gasteiger partial charge in [0.25, 0.3) is 11.8 Å². The molecule has 5 nitrogen and oxygen atoms in total. The standard InChI is InChI=1S/C25H23BrN2O3/c26-21-16-19(18-8-2-1-3-9-18)12-13-23(21)31-17-24(29)27-22-11-5-4-10-20(22)25(30)28-14-6-7-15-28/h1-5,8-13,16H,6-7,14-15,17H2,(H,27,29). The fraction of sp³-hybridized carbons (Fsp3) is 0.200. The second-order valence-electron chi connectivity index (χ2n) is 7.39. The SMILES string of the molecule is O=C(COc1ccc(-c2ccccc2)cc1Br)Nc1ccccc1C(=O)N1CCCC1. The zero-order chi connectivity index (χ0) is 21.6. The summed E-state index contributed by atoms with van der Waals surface area (Å²) in [5.74, 6) is 0.213. The molecule has 2 amide bonds. The average Bonchev–Trinajstić information content (AvgIpc) is 3.34. The highest BCUT2D eigenvalue weighted by Gasteiger charge is 2.22. The molecular formula is C25H23BrN2O3. The van der Waals surface area contributed by atoms with Crippen LogP contribution in [0.25, 0.3) is 11.1 Å². The van der Waals surface area contributed by atoms with Crippen molar-refractivity contribution in [2.24, 2.45) is 0 Å². The number of carbonyl (C=O) groups is 2. The number of nitrogens with zero attached hydrogens (tertiary/aromatic N) is 1. The van der Waals surface area contributed by atoms with Crippen molar-refractivity contribution in [2.75, 3.05) is 25.0 Å². The van der Waals surface area contributed by atoms with E-state index in [1.807, 2.05) is 53.4 Å². The summed E-state index contributed by atoms with van der Waals surface area (Å²) in [6.45, 7) is 1.37. The summed E-state index contributed by atoms with van der Waals surface area (Å²) in [7, 11) is 0. The summed E-state index contributed by atoms with van der Waals surface area (Å²) >= 11 is 3.52. The first kappa shape index (κ1) is 21.1. The highest BCUT2D eigenvalue weighted by Crippen LogP contribution is 2.30. The van der Waals surface area contributed by atoms with E-state index in [0.717, 1.165) is 41.5 Å². The molecule has 0 radical (unpaired) electrons. The number of nitrogens with one attached hydrogen (secondary N) is 1. The van der Waals surface area contributed by atoms with E-state index < -0.39 is 0 Å². The van der Waals surface area contributed by atoms with Gasteiger partial charge in [-0.25, -0.2) is 0 Å². The van der Waals surface area contributed by atoms with Gasteiger partial charge in [0.15, 0.2) is 6.61 Å². The lowest BCUT2D eigenvalue weighted by atomic mass is 10.1. The molecule has 4 rings (SSSR count). The van der Waals surface area contributed by atoms with E-state index >= 15 is 0 Å². The van der Waals surface area contributed by atoms with Gasteiger partial charge in [0.2, 0.25) is 0 Å². The molecule has 1 aliphatic heterocycles. The van der Waals surface area contributed by atoms with Gasteiger partial charge in [-0.3, -0.25) is 9.59 Å². The van der Waals surface area contributed by atoms with Crippen LogP contribution in [0.1, 0.15) is 23.2 Å². The number of carbonyl (C=O) groups excluding carboxylic acids is 2. The first-order chi connectivity index (χ1) is 15.1. The lowest BCUT2D eigenvalue weighted by Gasteiger charge is -2.18. The fourth-order valence-electron chi connectivity index (χ4n) is 3.63. The summed E-state index contributed by atoms with van der Waals surface area (Å²) < 4.78 is 6.48. The number of hydrogen-bond acceptors (Lipinski definition) is 3. The van der Waals surface area contributed by atoms with E-state index in [1.54, 1.807) is 24.3 Å². The Morgan fingerprint density at radius 1 is 0.903 bits per heavy atom. The summed E-state index contributed by atoms with van der Waals surface area (Å²) in [5.41, 5.74) is 3.17. The van der Waals surface area contributed by atoms with Crippen LogP contribution in [-0.2, 0) is 4.79 Å². The second-order valence-corrected chi connectivity index (χ2v) is 8.25. The number of anilines is 1. The maximum Gasteiger partial charge on any atom is 0.262 e. The van der Waals surface area contributed by atoms with Gasteiger partial charge in [-0.15, -0.1) is 0 Å². The highest BCUT2D eigenvalue weighted by atomic mass is 79.9. The zero-order valence-corrected chi connectivity index (χ0v) is 18.6. The van der Waals surface area contributed by atoms with Crippen molar-refractivity contribution < 1.29 is 14.3 Å². The van der Waals surface area contributed by atoms with Crippen molar-refractivity contribution in [1.82, 2.24) is 4.90 Å². The van der Waals surface area contributed by atoms with Gasteiger partial charge >= 0.3 is 0 Å². The van der Waals surface area contributed by atoms with Crippen LogP contribution in [-0.4, -0.2) is 36.4 Å². The number of amides is 2. The van der Waals surface area contributed by atoms with E-state index in [0.29, 0.717) is 17.0 Å². The molecule has 0 aromatic heterocycles. The van der Waals surface area contributed by atoms with Gasteiger partial charge in [0.05, 0.1) is 15.7 Å². The molecule has 3 aromatic rings. The Hall–Kier alpha value is -3.12. The zero-order valence-electron chi connectivity index (χ0n) is 17.0. The van der Waals surface area contributed by atoms with Gasteiger partial charge in [-0.1, -0.05) is 48.5 Å². The van der Waals surface area contributed by atoms with Crippen molar-refractivity contribution in [1.29, 1.82) is 0 Å². The Morgan fingerprint density at radius 2 is 1.61 bits per heavy atom. The molecule has 1 fully saturated rings. The predicted molar refractivity (Wildman–Crippen MR) is 125 cm³/mol. The van der Waals surface area contributed by atoms with Crippen LogP contribution in [0.3, 0.4) is 0 Å². The third-order valence-electron chi connectivity index (χ3n) is 5.22. The Labute approximate surface area is 190 Å². The highest BCUT2D eigenvalue weighted by molar-refractivity contribution is 9.10. The lowest BCUT2D eigenvalue weighted by molar-refractivity contribution is -0.118. The van der Waals surface area contributed by atoms with Gasteiger partial charge in [-0.05, 0) is 64.2 Å². The molecule has 0 saturated carbocycles. The first-order valence-electron chi connectivity index (χ1n) is 10.3. The minimum atomic E-state index is -0.319. The van der Waals surface area contributed by atoms with Crippen LogP contribution in [0.2, 0.25) is 0 Å². The molecule has 158 valence electrons. The number of likely N-dealkylation sites (tertiary alicyclic amines) is 1. The number of halogens is 1. The second kappa shape index (κ2) is 9.79. The van der Waals surface area contributed by atoms with Gasteiger partial charge in [-0.2, -0.15) is 0 Å². The number of ether oxygens (including phenoxy) is 1. The molecule has 0 atom stereocenters. The van der Waals surface area contributed by atoms with Crippen molar-refractivity contribution in [3.63, 3.8) is 0 Å². The Kier molecular flexibility index (Phi) is 6.67. The third-order valence-corrected chi connectivity index (χ3v) is 5.84. The molecule has 1 aliphatic rings. The number of para-hydroxylation sites is 1. The summed E-state index contributed by atoms with van der Waals surface area (Å²) in [5, 5.41) is 2.82. The third kappa shape index (κ3) is 5.14. The molecule has 6 heteroatoms. The van der Waals surface area contributed by atoms with Gasteiger partial charge in [0, 0.05) is 13.1 Å². The lowest BCUT2D eigenvalue weighted by Crippen LogP contribution is -2.29. The molecule has 1 saturated heterocycles. The van der Waals surface area contributed by atoms with Crippen LogP contribution < -0.4 is 10.1 Å². The maximum absolute atomic E-state index is 12.8. The minimum Gasteiger partial charge on any atom is -0.483 e. The van der Waals surface area contributed by atoms with E-state index in [9.17, 15) is 9.59 Å². The van der Waals surface area contributed by atoms with Crippen molar-refractivity contribution in [3.05, 3.63) is 82.8 Å². The van der Waals surface area contributed by atoms with Crippen molar-refractivity contribution >= 4 is 33.4 Å². The molecule has 31 heavy (non-hydrogen) atoms. The molecule has 0 unspecified atom stereocenters. The van der Waals surface area contributed by atoms with Crippen molar-refractivity contribution in [2.45, 2.75) is 12.8 Å². The number of hydrogen-bond donors (Lipinski definition) is 1. The Morgan fingerprint density at radius 3 is 2.35 bits per heavy atom. The van der Waals surface area contributed by atoms with E-state index in [1.165, 1.54) is 0 Å². The minimum absolute atomic E-state index is 0.0476. The van der Waals surface area contributed by atoms with Crippen molar-refractivity contribution in [3.8, 4) is 16.9 Å². The largest absolute Gasteiger partial charge is 0.483 e. The summed E-state index contributed by atoms with van der Waals surface area (Å²) in [4.78, 5) is 27.1. The van der Waals surface area contributed by atoms with Crippen LogP contribution in [0, 0.1) is 0 Å². The van der Waals surface area contributed by atoms with Crippen LogP contribution in [0.15, 0.2) is 77.3 Å². The molecule has 3 aromatic carbocycles. The first-order valence-corrected chi connectivity index (χ1v) is 11.1. The number of benzene rings is 3. The Bertz CT molecular complexity index is 1080. The fourth-order valence-corrected chi connectivity index (χ4v) is 4.12. The van der Waals surface area contributed by atoms with E-state index in [4.69, 9.17) is 4.74 Å². The summed E-state index contributed by atoms with van der Waals surface area (Å²) in [6.07, 6.45) is 2.04. The smallest absolute Gasteiger partial charge is 0.262 e. The normalized spacial score (nSPS) is 13.1. The number of rotatable bonds is 6. The van der Waals surface area contributed by atoms with Gasteiger partial charge in [0.1, 0.15) is 5.75 Å². The molecule has 1 N–H and O–H groups in total. The topological polar surface area (TPSA) is 58.6 Å². The quantitative estimate of drug-likeness (QED) is 0.517. The average molecular weight is 479 g/mol. The molecule has 0 spiro atoms. The molecule has 0 aliphatic carbocycles. The Balaban J connectivity index is 1.39. The molecular weight excluding hydrogens is 456 g/mol. The maximum atomic E-state index is 12.8. The predicted octanol–water partition coefficient (Wildman–Crippen LogP) is 5.37. The summed E-state index contributed by atoms with van der Waals surface area (Å²) in [6, 6.07) is 22.9. The van der Waals surface area contributed by atoms with Crippen LogP contribution in [0.5, 0.6) is 5.75 Å². The molecule has 1 heterocycles. The molecule has 0 bridgehead atoms. The van der Waals surface area contributed by atoms with E-state index in [-0.39, 0.29) is 18.4 Å². The van der Waals surface area contributed by atoms with Gasteiger partial charge < -0.3 is 15.0 Å². The van der Waals surface area contributed by atoms with Crippen LogP contribution in [0.4, 0.5) is 5.69 Å². The van der Waals surface area contributed by atoms with Crippen LogP contribution >= 0.6 is 15.9 Å². The van der Waals surface area contributed by atoms with E-state index in [2.05, 4.69) is 21.2 Å². The monoisotopic (exact) mass is 478 g/mol.